The summed E-state index contributed by atoms with van der Waals surface area (Å²) in [6.07, 6.45) is 2.19. The molecule has 0 aliphatic carbocycles. The van der Waals surface area contributed by atoms with Gasteiger partial charge in [-0.25, -0.2) is 4.79 Å². The average Bonchev–Trinajstić information content (AvgIpc) is 2.72. The van der Waals surface area contributed by atoms with Crippen molar-refractivity contribution in [2.75, 3.05) is 13.2 Å². The summed E-state index contributed by atoms with van der Waals surface area (Å²) < 4.78 is 16.6. The van der Waals surface area contributed by atoms with Crippen LogP contribution < -0.4 is 9.47 Å². The third kappa shape index (κ3) is 5.14. The molecule has 0 N–H and O–H groups in total. The van der Waals surface area contributed by atoms with Gasteiger partial charge in [0.15, 0.2) is 6.61 Å². The number of nitrogens with zero attached hydrogens (tertiary/aromatic N) is 1. The molecular formula is C22H22ClNO4. The molecule has 1 aromatic heterocycles. The molecule has 0 spiro atoms. The number of fused-ring (bicyclic) bond motifs is 1. The number of halogens is 1. The molecule has 0 saturated carbocycles. The molecule has 0 fully saturated rings. The molecule has 0 aliphatic rings. The standard InChI is InChI=1S/C22H22ClNO4/c1-3-16-6-4-7-17(12-16)26-13-15(2)28-21(25)14-27-20-10-9-19(23)18-8-5-11-24-22(18)20/h4-12,15H,3,13-14H2,1-2H3. The SMILES string of the molecule is CCc1cccc(OCC(C)OC(=O)COc2ccc(Cl)c3cccnc23)c1. The maximum absolute atomic E-state index is 12.1. The third-order valence-electron chi connectivity index (χ3n) is 4.15. The molecule has 3 aromatic rings. The van der Waals surface area contributed by atoms with Gasteiger partial charge in [-0.2, -0.15) is 0 Å². The summed E-state index contributed by atoms with van der Waals surface area (Å²) in [7, 11) is 0. The summed E-state index contributed by atoms with van der Waals surface area (Å²) in [5.74, 6) is 0.770. The second-order valence-corrected chi connectivity index (χ2v) is 6.75. The van der Waals surface area contributed by atoms with Crippen molar-refractivity contribution in [3.63, 3.8) is 0 Å². The monoisotopic (exact) mass is 399 g/mol. The number of pyridine rings is 1. The smallest absolute Gasteiger partial charge is 0.344 e. The van der Waals surface area contributed by atoms with Gasteiger partial charge in [-0.1, -0.05) is 30.7 Å². The topological polar surface area (TPSA) is 57.7 Å². The molecule has 28 heavy (non-hydrogen) atoms. The van der Waals surface area contributed by atoms with E-state index in [0.29, 0.717) is 16.3 Å². The Kier molecular flexibility index (Phi) is 6.71. The zero-order chi connectivity index (χ0) is 19.9. The van der Waals surface area contributed by atoms with Gasteiger partial charge in [-0.3, -0.25) is 4.98 Å². The van der Waals surface area contributed by atoms with Gasteiger partial charge in [-0.15, -0.1) is 0 Å². The maximum atomic E-state index is 12.1. The molecule has 0 saturated heterocycles. The molecule has 2 aromatic carbocycles. The fourth-order valence-electron chi connectivity index (χ4n) is 2.73. The lowest BCUT2D eigenvalue weighted by atomic mass is 10.2. The van der Waals surface area contributed by atoms with Crippen molar-refractivity contribution >= 4 is 28.5 Å². The molecular weight excluding hydrogens is 378 g/mol. The van der Waals surface area contributed by atoms with Gasteiger partial charge < -0.3 is 14.2 Å². The van der Waals surface area contributed by atoms with Crippen LogP contribution in [0.1, 0.15) is 19.4 Å². The minimum atomic E-state index is -0.475. The van der Waals surface area contributed by atoms with Gasteiger partial charge in [0.25, 0.3) is 0 Å². The maximum Gasteiger partial charge on any atom is 0.344 e. The second-order valence-electron chi connectivity index (χ2n) is 6.35. The van der Waals surface area contributed by atoms with Crippen molar-refractivity contribution in [2.45, 2.75) is 26.4 Å². The van der Waals surface area contributed by atoms with Crippen LogP contribution in [0.4, 0.5) is 0 Å². The Balaban J connectivity index is 1.51. The van der Waals surface area contributed by atoms with Gasteiger partial charge in [0, 0.05) is 11.6 Å². The van der Waals surface area contributed by atoms with Gasteiger partial charge in [-0.05, 0) is 55.3 Å². The van der Waals surface area contributed by atoms with E-state index in [1.165, 1.54) is 5.56 Å². The Morgan fingerprint density at radius 1 is 1.14 bits per heavy atom. The van der Waals surface area contributed by atoms with E-state index in [1.807, 2.05) is 30.3 Å². The Bertz CT molecular complexity index is 960. The van der Waals surface area contributed by atoms with E-state index in [1.54, 1.807) is 31.3 Å². The minimum absolute atomic E-state index is 0.219. The molecule has 0 bridgehead atoms. The molecule has 1 heterocycles. The zero-order valence-corrected chi connectivity index (χ0v) is 16.6. The van der Waals surface area contributed by atoms with Crippen LogP contribution >= 0.6 is 11.6 Å². The van der Waals surface area contributed by atoms with Crippen LogP contribution in [0, 0.1) is 0 Å². The molecule has 1 unspecified atom stereocenters. The van der Waals surface area contributed by atoms with Crippen LogP contribution in [0.5, 0.6) is 11.5 Å². The van der Waals surface area contributed by atoms with E-state index < -0.39 is 12.1 Å². The summed E-state index contributed by atoms with van der Waals surface area (Å²) in [5.41, 5.74) is 1.80. The molecule has 6 heteroatoms. The minimum Gasteiger partial charge on any atom is -0.490 e. The highest BCUT2D eigenvalue weighted by molar-refractivity contribution is 6.35. The first-order valence-corrected chi connectivity index (χ1v) is 9.52. The van der Waals surface area contributed by atoms with E-state index in [-0.39, 0.29) is 13.2 Å². The Morgan fingerprint density at radius 2 is 2.00 bits per heavy atom. The van der Waals surface area contributed by atoms with Crippen molar-refractivity contribution in [1.29, 1.82) is 0 Å². The fraction of sp³-hybridized carbons (Fsp3) is 0.273. The van der Waals surface area contributed by atoms with Crippen LogP contribution in [-0.4, -0.2) is 30.3 Å². The summed E-state index contributed by atoms with van der Waals surface area (Å²) in [5, 5.41) is 1.35. The number of hydrogen-bond acceptors (Lipinski definition) is 5. The predicted molar refractivity (Wildman–Crippen MR) is 109 cm³/mol. The van der Waals surface area contributed by atoms with E-state index in [4.69, 9.17) is 25.8 Å². The first kappa shape index (κ1) is 20.0. The average molecular weight is 400 g/mol. The number of ether oxygens (including phenoxy) is 3. The number of carbonyl (C=O) groups excluding carboxylic acids is 1. The lowest BCUT2D eigenvalue weighted by molar-refractivity contribution is -0.151. The van der Waals surface area contributed by atoms with Crippen LogP contribution in [-0.2, 0) is 16.0 Å². The van der Waals surface area contributed by atoms with Crippen LogP contribution in [0.15, 0.2) is 54.7 Å². The molecule has 1 atom stereocenters. The number of rotatable bonds is 8. The largest absolute Gasteiger partial charge is 0.490 e. The summed E-state index contributed by atoms with van der Waals surface area (Å²) in [6, 6.07) is 14.9. The Hall–Kier alpha value is -2.79. The van der Waals surface area contributed by atoms with Gasteiger partial charge >= 0.3 is 5.97 Å². The molecule has 146 valence electrons. The van der Waals surface area contributed by atoms with Crippen LogP contribution in [0.25, 0.3) is 10.9 Å². The number of benzene rings is 2. The van der Waals surface area contributed by atoms with E-state index in [9.17, 15) is 4.79 Å². The number of carbonyl (C=O) groups is 1. The summed E-state index contributed by atoms with van der Waals surface area (Å²) in [6.45, 7) is 3.91. The van der Waals surface area contributed by atoms with Gasteiger partial charge in [0.05, 0.1) is 5.02 Å². The highest BCUT2D eigenvalue weighted by Gasteiger charge is 2.13. The van der Waals surface area contributed by atoms with E-state index in [2.05, 4.69) is 11.9 Å². The molecule has 0 radical (unpaired) electrons. The Labute approximate surface area is 169 Å². The van der Waals surface area contributed by atoms with E-state index >= 15 is 0 Å². The van der Waals surface area contributed by atoms with Crippen molar-refractivity contribution < 1.29 is 19.0 Å². The molecule has 0 aliphatic heterocycles. The number of hydrogen-bond donors (Lipinski definition) is 0. The zero-order valence-electron chi connectivity index (χ0n) is 15.9. The predicted octanol–water partition coefficient (Wildman–Crippen LogP) is 4.84. The van der Waals surface area contributed by atoms with E-state index in [0.717, 1.165) is 17.6 Å². The summed E-state index contributed by atoms with van der Waals surface area (Å²) >= 11 is 6.16. The Morgan fingerprint density at radius 3 is 2.82 bits per heavy atom. The normalized spacial score (nSPS) is 11.8. The first-order valence-electron chi connectivity index (χ1n) is 9.14. The van der Waals surface area contributed by atoms with Gasteiger partial charge in [0.2, 0.25) is 0 Å². The third-order valence-corrected chi connectivity index (χ3v) is 4.48. The van der Waals surface area contributed by atoms with Crippen molar-refractivity contribution in [1.82, 2.24) is 4.98 Å². The van der Waals surface area contributed by atoms with Crippen LogP contribution in [0.2, 0.25) is 5.02 Å². The molecule has 5 nitrogen and oxygen atoms in total. The summed E-state index contributed by atoms with van der Waals surface area (Å²) in [4.78, 5) is 16.4. The van der Waals surface area contributed by atoms with Crippen molar-refractivity contribution in [3.8, 4) is 11.5 Å². The highest BCUT2D eigenvalue weighted by atomic mass is 35.5. The van der Waals surface area contributed by atoms with Gasteiger partial charge in [0.1, 0.15) is 29.7 Å². The van der Waals surface area contributed by atoms with Crippen LogP contribution in [0.3, 0.4) is 0 Å². The number of aryl methyl sites for hydroxylation is 1. The second kappa shape index (κ2) is 9.42. The first-order chi connectivity index (χ1) is 13.6. The lowest BCUT2D eigenvalue weighted by Crippen LogP contribution is -2.25. The molecule has 0 amide bonds. The molecule has 3 rings (SSSR count). The number of esters is 1. The fourth-order valence-corrected chi connectivity index (χ4v) is 2.94. The van der Waals surface area contributed by atoms with Crippen molar-refractivity contribution in [2.24, 2.45) is 0 Å². The lowest BCUT2D eigenvalue weighted by Gasteiger charge is -2.15. The highest BCUT2D eigenvalue weighted by Crippen LogP contribution is 2.29. The van der Waals surface area contributed by atoms with Crippen molar-refractivity contribution in [3.05, 3.63) is 65.3 Å². The quantitative estimate of drug-likeness (QED) is 0.507. The number of aromatic nitrogens is 1.